The summed E-state index contributed by atoms with van der Waals surface area (Å²) in [5, 5.41) is 3.42. The topological polar surface area (TPSA) is 66.5 Å². The number of sulfonamides is 1. The highest BCUT2D eigenvalue weighted by Gasteiger charge is 2.32. The molecule has 2 aromatic rings. The zero-order chi connectivity index (χ0) is 19.6. The molecule has 0 atom stereocenters. The molecule has 1 aliphatic rings. The molecule has 8 heteroatoms. The summed E-state index contributed by atoms with van der Waals surface area (Å²) in [5.41, 5.74) is 1.79. The minimum atomic E-state index is -3.56. The number of piperidine rings is 1. The average Bonchev–Trinajstić information content (AvgIpc) is 2.65. The lowest BCUT2D eigenvalue weighted by Gasteiger charge is -2.30. The lowest BCUT2D eigenvalue weighted by molar-refractivity contribution is -0.120. The third kappa shape index (κ3) is 4.71. The van der Waals surface area contributed by atoms with Crippen LogP contribution >= 0.6 is 27.5 Å². The molecule has 5 nitrogen and oxygen atoms in total. The number of benzene rings is 2. The first-order chi connectivity index (χ1) is 12.8. The van der Waals surface area contributed by atoms with E-state index in [9.17, 15) is 13.2 Å². The van der Waals surface area contributed by atoms with Gasteiger partial charge in [0.2, 0.25) is 15.9 Å². The third-order valence-corrected chi connectivity index (χ3v) is 7.76. The fraction of sp³-hybridized carbons (Fsp3) is 0.316. The number of carbonyl (C=O) groups is 1. The van der Waals surface area contributed by atoms with E-state index < -0.39 is 10.0 Å². The van der Waals surface area contributed by atoms with Crippen molar-refractivity contribution < 1.29 is 13.2 Å². The lowest BCUT2D eigenvalue weighted by Crippen LogP contribution is -2.41. The number of amides is 1. The Morgan fingerprint density at radius 3 is 2.37 bits per heavy atom. The Morgan fingerprint density at radius 2 is 1.78 bits per heavy atom. The van der Waals surface area contributed by atoms with Crippen LogP contribution in [0.4, 0.5) is 5.69 Å². The number of halogens is 2. The summed E-state index contributed by atoms with van der Waals surface area (Å²) >= 11 is 9.27. The normalized spacial score (nSPS) is 16.3. The van der Waals surface area contributed by atoms with Gasteiger partial charge in [0.15, 0.2) is 0 Å². The lowest BCUT2D eigenvalue weighted by atomic mass is 9.97. The maximum absolute atomic E-state index is 12.7. The standard InChI is InChI=1S/C19H20BrClN2O3S/c1-13-12-16(4-7-18(13)20)22-19(24)14-8-10-23(11-9-14)27(25,26)17-5-2-15(21)3-6-17/h2-7,12,14H,8-11H2,1H3,(H,22,24). The number of nitrogens with one attached hydrogen (secondary N) is 1. The van der Waals surface area contributed by atoms with E-state index in [0.29, 0.717) is 31.0 Å². The van der Waals surface area contributed by atoms with Gasteiger partial charge >= 0.3 is 0 Å². The second-order valence-corrected chi connectivity index (χ2v) is 9.81. The van der Waals surface area contributed by atoms with Crippen LogP contribution in [0, 0.1) is 12.8 Å². The molecule has 0 bridgehead atoms. The van der Waals surface area contributed by atoms with Crippen molar-refractivity contribution in [3.05, 3.63) is 57.5 Å². The average molecular weight is 472 g/mol. The fourth-order valence-corrected chi connectivity index (χ4v) is 4.92. The molecule has 0 aliphatic carbocycles. The SMILES string of the molecule is Cc1cc(NC(=O)C2CCN(S(=O)(=O)c3ccc(Cl)cc3)CC2)ccc1Br. The highest BCUT2D eigenvalue weighted by molar-refractivity contribution is 9.10. The Hall–Kier alpha value is -1.41. The molecule has 1 N–H and O–H groups in total. The predicted molar refractivity (Wildman–Crippen MR) is 110 cm³/mol. The first-order valence-electron chi connectivity index (χ1n) is 8.60. The van der Waals surface area contributed by atoms with Gasteiger partial charge in [-0.1, -0.05) is 27.5 Å². The van der Waals surface area contributed by atoms with Gasteiger partial charge in [-0.05, 0) is 67.8 Å². The second-order valence-electron chi connectivity index (χ2n) is 6.59. The maximum Gasteiger partial charge on any atom is 0.243 e. The molecule has 1 heterocycles. The van der Waals surface area contributed by atoms with Crippen LogP contribution in [-0.2, 0) is 14.8 Å². The van der Waals surface area contributed by atoms with Crippen LogP contribution in [0.3, 0.4) is 0 Å². The van der Waals surface area contributed by atoms with Gasteiger partial charge in [-0.15, -0.1) is 0 Å². The molecule has 0 unspecified atom stereocenters. The van der Waals surface area contributed by atoms with E-state index in [0.717, 1.165) is 15.7 Å². The summed E-state index contributed by atoms with van der Waals surface area (Å²) in [6, 6.07) is 11.8. The van der Waals surface area contributed by atoms with Crippen molar-refractivity contribution in [2.45, 2.75) is 24.7 Å². The van der Waals surface area contributed by atoms with Gasteiger partial charge in [0.25, 0.3) is 0 Å². The molecule has 3 rings (SSSR count). The summed E-state index contributed by atoms with van der Waals surface area (Å²) in [5.74, 6) is -0.272. The van der Waals surface area contributed by atoms with E-state index in [1.54, 1.807) is 12.1 Å². The molecule has 0 aromatic heterocycles. The Labute approximate surface area is 172 Å². The Kier molecular flexibility index (Phi) is 6.25. The minimum absolute atomic E-state index is 0.0692. The first-order valence-corrected chi connectivity index (χ1v) is 11.2. The molecule has 1 fully saturated rings. The summed E-state index contributed by atoms with van der Waals surface area (Å²) in [6.45, 7) is 2.60. The van der Waals surface area contributed by atoms with Crippen LogP contribution in [0.2, 0.25) is 5.02 Å². The van der Waals surface area contributed by atoms with E-state index in [1.807, 2.05) is 25.1 Å². The molecular formula is C19H20BrClN2O3S. The van der Waals surface area contributed by atoms with Gasteiger partial charge in [0, 0.05) is 34.2 Å². The number of hydrogen-bond acceptors (Lipinski definition) is 3. The maximum atomic E-state index is 12.7. The van der Waals surface area contributed by atoms with Crippen LogP contribution in [0.25, 0.3) is 0 Å². The highest BCUT2D eigenvalue weighted by atomic mass is 79.9. The number of anilines is 1. The van der Waals surface area contributed by atoms with Gasteiger partial charge in [-0.25, -0.2) is 8.42 Å². The molecule has 0 saturated carbocycles. The molecule has 2 aromatic carbocycles. The van der Waals surface area contributed by atoms with Crippen LogP contribution in [0.5, 0.6) is 0 Å². The smallest absolute Gasteiger partial charge is 0.243 e. The largest absolute Gasteiger partial charge is 0.326 e. The summed E-state index contributed by atoms with van der Waals surface area (Å²) < 4.78 is 27.8. The van der Waals surface area contributed by atoms with Gasteiger partial charge in [-0.3, -0.25) is 4.79 Å². The predicted octanol–water partition coefficient (Wildman–Crippen LogP) is 4.45. The number of nitrogens with zero attached hydrogens (tertiary/aromatic N) is 1. The molecule has 1 aliphatic heterocycles. The van der Waals surface area contributed by atoms with Crippen molar-refractivity contribution in [2.24, 2.45) is 5.92 Å². The van der Waals surface area contributed by atoms with E-state index in [-0.39, 0.29) is 16.7 Å². The van der Waals surface area contributed by atoms with Crippen molar-refractivity contribution >= 4 is 49.1 Å². The first kappa shape index (κ1) is 20.3. The zero-order valence-electron chi connectivity index (χ0n) is 14.8. The quantitative estimate of drug-likeness (QED) is 0.716. The molecule has 1 amide bonds. The van der Waals surface area contributed by atoms with E-state index >= 15 is 0 Å². The van der Waals surface area contributed by atoms with Gasteiger partial charge in [0.05, 0.1) is 4.90 Å². The van der Waals surface area contributed by atoms with Crippen molar-refractivity contribution in [2.75, 3.05) is 18.4 Å². The van der Waals surface area contributed by atoms with Crippen molar-refractivity contribution in [1.29, 1.82) is 0 Å². The van der Waals surface area contributed by atoms with Crippen molar-refractivity contribution in [1.82, 2.24) is 4.31 Å². The van der Waals surface area contributed by atoms with Crippen LogP contribution < -0.4 is 5.32 Å². The molecule has 1 saturated heterocycles. The molecule has 0 radical (unpaired) electrons. The van der Waals surface area contributed by atoms with Crippen molar-refractivity contribution in [3.63, 3.8) is 0 Å². The zero-order valence-corrected chi connectivity index (χ0v) is 17.9. The van der Waals surface area contributed by atoms with E-state index in [2.05, 4.69) is 21.2 Å². The summed E-state index contributed by atoms with van der Waals surface area (Å²) in [4.78, 5) is 12.7. The van der Waals surface area contributed by atoms with Gasteiger partial charge < -0.3 is 5.32 Å². The van der Waals surface area contributed by atoms with Crippen LogP contribution in [0.15, 0.2) is 51.8 Å². The number of carbonyl (C=O) groups excluding carboxylic acids is 1. The minimum Gasteiger partial charge on any atom is -0.326 e. The highest BCUT2D eigenvalue weighted by Crippen LogP contribution is 2.26. The Morgan fingerprint density at radius 1 is 1.15 bits per heavy atom. The number of rotatable bonds is 4. The Bertz CT molecular complexity index is 940. The van der Waals surface area contributed by atoms with Gasteiger partial charge in [0.1, 0.15) is 0 Å². The molecule has 144 valence electrons. The van der Waals surface area contributed by atoms with Crippen LogP contribution in [0.1, 0.15) is 18.4 Å². The third-order valence-electron chi connectivity index (χ3n) is 4.70. The second kappa shape index (κ2) is 8.31. The fourth-order valence-electron chi connectivity index (χ4n) is 3.08. The molecule has 0 spiro atoms. The van der Waals surface area contributed by atoms with E-state index in [4.69, 9.17) is 11.6 Å². The molecule has 27 heavy (non-hydrogen) atoms. The summed E-state index contributed by atoms with van der Waals surface area (Å²) in [6.07, 6.45) is 0.988. The summed E-state index contributed by atoms with van der Waals surface area (Å²) in [7, 11) is -3.56. The van der Waals surface area contributed by atoms with Crippen LogP contribution in [-0.4, -0.2) is 31.7 Å². The van der Waals surface area contributed by atoms with Crippen molar-refractivity contribution in [3.8, 4) is 0 Å². The molecular weight excluding hydrogens is 452 g/mol. The van der Waals surface area contributed by atoms with E-state index in [1.165, 1.54) is 16.4 Å². The monoisotopic (exact) mass is 470 g/mol. The Balaban J connectivity index is 1.61. The number of aryl methyl sites for hydroxylation is 1. The van der Waals surface area contributed by atoms with Gasteiger partial charge in [-0.2, -0.15) is 4.31 Å². The number of hydrogen-bond donors (Lipinski definition) is 1.